The van der Waals surface area contributed by atoms with Crippen LogP contribution < -0.4 is 15.8 Å². The normalized spacial score (nSPS) is 9.95. The third kappa shape index (κ3) is 3.38. The summed E-state index contributed by atoms with van der Waals surface area (Å²) in [6, 6.07) is 3.36. The number of amides is 1. The molecule has 0 spiro atoms. The number of pyridine rings is 1. The average Bonchev–Trinajstić information content (AvgIpc) is 2.41. The highest BCUT2D eigenvalue weighted by Crippen LogP contribution is 2.12. The minimum absolute atomic E-state index is 0.147. The number of carbonyl (C=O) groups excluding carboxylic acids is 1. The van der Waals surface area contributed by atoms with E-state index < -0.39 is 5.91 Å². The third-order valence-corrected chi connectivity index (χ3v) is 2.17. The lowest BCUT2D eigenvalue weighted by Crippen LogP contribution is -2.15. The van der Waals surface area contributed by atoms with Crippen LogP contribution in [0.25, 0.3) is 0 Å². The van der Waals surface area contributed by atoms with Gasteiger partial charge in [-0.1, -0.05) is 0 Å². The second kappa shape index (κ2) is 5.76. The number of carbonyl (C=O) groups is 1. The number of nitrogen functional groups attached to an aromatic ring is 1. The van der Waals surface area contributed by atoms with Gasteiger partial charge in [-0.2, -0.15) is 0 Å². The van der Waals surface area contributed by atoms with Crippen molar-refractivity contribution in [2.45, 2.75) is 6.92 Å². The molecular weight excluding hydrogens is 246 g/mol. The Morgan fingerprint density at radius 2 is 2.21 bits per heavy atom. The fraction of sp³-hybridized carbons (Fsp3) is 0.167. The summed E-state index contributed by atoms with van der Waals surface area (Å²) in [5.74, 6) is 0.299. The standard InChI is InChI=1S/C12H13N5O2/c1-2-19-11-4-3-8(5-15-11)16-12(18)9-6-14-7-10(13)17-9/h3-7H,2H2,1H3,(H2,13,17)(H,16,18). The smallest absolute Gasteiger partial charge is 0.275 e. The summed E-state index contributed by atoms with van der Waals surface area (Å²) in [4.78, 5) is 23.6. The fourth-order valence-corrected chi connectivity index (χ4v) is 1.37. The molecular formula is C12H13N5O2. The summed E-state index contributed by atoms with van der Waals surface area (Å²) in [5.41, 5.74) is 6.15. The topological polar surface area (TPSA) is 103 Å². The second-order valence-electron chi connectivity index (χ2n) is 3.60. The largest absolute Gasteiger partial charge is 0.478 e. The first-order valence-electron chi connectivity index (χ1n) is 5.66. The molecule has 0 bridgehead atoms. The number of hydrogen-bond acceptors (Lipinski definition) is 6. The molecule has 0 radical (unpaired) electrons. The van der Waals surface area contributed by atoms with Gasteiger partial charge >= 0.3 is 0 Å². The highest BCUT2D eigenvalue weighted by atomic mass is 16.5. The molecule has 7 nitrogen and oxygen atoms in total. The maximum absolute atomic E-state index is 11.8. The molecule has 2 aromatic rings. The number of nitrogens with one attached hydrogen (secondary N) is 1. The van der Waals surface area contributed by atoms with Crippen molar-refractivity contribution in [2.75, 3.05) is 17.7 Å². The molecule has 0 saturated carbocycles. The van der Waals surface area contributed by atoms with E-state index in [4.69, 9.17) is 10.5 Å². The Balaban J connectivity index is 2.06. The number of rotatable bonds is 4. The number of nitrogens with zero attached hydrogens (tertiary/aromatic N) is 3. The zero-order valence-corrected chi connectivity index (χ0v) is 10.3. The lowest BCUT2D eigenvalue weighted by atomic mass is 10.3. The van der Waals surface area contributed by atoms with Crippen molar-refractivity contribution in [1.82, 2.24) is 15.0 Å². The van der Waals surface area contributed by atoms with Crippen LogP contribution in [0, 0.1) is 0 Å². The molecule has 7 heteroatoms. The van der Waals surface area contributed by atoms with Gasteiger partial charge < -0.3 is 15.8 Å². The predicted molar refractivity (Wildman–Crippen MR) is 69.8 cm³/mol. The van der Waals surface area contributed by atoms with Crippen molar-refractivity contribution < 1.29 is 9.53 Å². The molecule has 19 heavy (non-hydrogen) atoms. The zero-order chi connectivity index (χ0) is 13.7. The van der Waals surface area contributed by atoms with Crippen LogP contribution in [0.3, 0.4) is 0 Å². The van der Waals surface area contributed by atoms with E-state index in [1.54, 1.807) is 12.1 Å². The quantitative estimate of drug-likeness (QED) is 0.852. The van der Waals surface area contributed by atoms with Crippen LogP contribution >= 0.6 is 0 Å². The molecule has 0 unspecified atom stereocenters. The van der Waals surface area contributed by atoms with Gasteiger partial charge in [0.1, 0.15) is 11.5 Å². The molecule has 3 N–H and O–H groups in total. The van der Waals surface area contributed by atoms with Crippen LogP contribution in [-0.2, 0) is 0 Å². The molecule has 98 valence electrons. The average molecular weight is 259 g/mol. The predicted octanol–water partition coefficient (Wildman–Crippen LogP) is 1.10. The van der Waals surface area contributed by atoms with E-state index in [0.717, 1.165) is 0 Å². The number of aromatic nitrogens is 3. The fourth-order valence-electron chi connectivity index (χ4n) is 1.37. The van der Waals surface area contributed by atoms with Crippen molar-refractivity contribution in [2.24, 2.45) is 0 Å². The second-order valence-corrected chi connectivity index (χ2v) is 3.60. The van der Waals surface area contributed by atoms with E-state index in [0.29, 0.717) is 18.2 Å². The minimum Gasteiger partial charge on any atom is -0.478 e. The van der Waals surface area contributed by atoms with E-state index in [1.807, 2.05) is 6.92 Å². The molecule has 2 heterocycles. The van der Waals surface area contributed by atoms with Crippen LogP contribution in [0.15, 0.2) is 30.7 Å². The van der Waals surface area contributed by atoms with Crippen LogP contribution in [0.2, 0.25) is 0 Å². The van der Waals surface area contributed by atoms with Gasteiger partial charge in [0.15, 0.2) is 0 Å². The molecule has 2 rings (SSSR count). The van der Waals surface area contributed by atoms with Gasteiger partial charge in [-0.25, -0.2) is 9.97 Å². The van der Waals surface area contributed by atoms with Crippen LogP contribution in [0.5, 0.6) is 5.88 Å². The summed E-state index contributed by atoms with van der Waals surface area (Å²) in [5, 5.41) is 2.64. The zero-order valence-electron chi connectivity index (χ0n) is 10.3. The molecule has 0 aromatic carbocycles. The Hall–Kier alpha value is -2.70. The Morgan fingerprint density at radius 1 is 1.37 bits per heavy atom. The SMILES string of the molecule is CCOc1ccc(NC(=O)c2cncc(N)n2)cn1. The van der Waals surface area contributed by atoms with Gasteiger partial charge in [-0.3, -0.25) is 9.78 Å². The Morgan fingerprint density at radius 3 is 2.84 bits per heavy atom. The molecule has 0 aliphatic heterocycles. The minimum atomic E-state index is -0.397. The van der Waals surface area contributed by atoms with Gasteiger partial charge in [-0.05, 0) is 13.0 Å². The molecule has 0 saturated heterocycles. The van der Waals surface area contributed by atoms with Crippen molar-refractivity contribution in [3.05, 3.63) is 36.4 Å². The van der Waals surface area contributed by atoms with Crippen molar-refractivity contribution in [3.63, 3.8) is 0 Å². The first kappa shape index (κ1) is 12.7. The number of ether oxygens (including phenoxy) is 1. The molecule has 0 atom stereocenters. The summed E-state index contributed by atoms with van der Waals surface area (Å²) in [6.07, 6.45) is 4.21. The van der Waals surface area contributed by atoms with Crippen LogP contribution in [0.1, 0.15) is 17.4 Å². The first-order valence-corrected chi connectivity index (χ1v) is 5.66. The molecule has 1 amide bonds. The maximum Gasteiger partial charge on any atom is 0.275 e. The molecule has 2 aromatic heterocycles. The Bertz CT molecular complexity index is 571. The van der Waals surface area contributed by atoms with E-state index in [1.165, 1.54) is 18.6 Å². The highest BCUT2D eigenvalue weighted by Gasteiger charge is 2.08. The first-order chi connectivity index (χ1) is 9.19. The van der Waals surface area contributed by atoms with Gasteiger partial charge in [-0.15, -0.1) is 0 Å². The summed E-state index contributed by atoms with van der Waals surface area (Å²) in [6.45, 7) is 2.41. The molecule has 0 fully saturated rings. The number of hydrogen-bond donors (Lipinski definition) is 2. The monoisotopic (exact) mass is 259 g/mol. The molecule has 0 aliphatic carbocycles. The van der Waals surface area contributed by atoms with Gasteiger partial charge in [0, 0.05) is 6.07 Å². The van der Waals surface area contributed by atoms with E-state index in [9.17, 15) is 4.79 Å². The number of anilines is 2. The molecule has 0 aliphatic rings. The lowest BCUT2D eigenvalue weighted by Gasteiger charge is -2.06. The van der Waals surface area contributed by atoms with E-state index in [-0.39, 0.29) is 11.5 Å². The van der Waals surface area contributed by atoms with Gasteiger partial charge in [0.05, 0.1) is 30.9 Å². The van der Waals surface area contributed by atoms with Crippen molar-refractivity contribution in [3.8, 4) is 5.88 Å². The third-order valence-electron chi connectivity index (χ3n) is 2.17. The maximum atomic E-state index is 11.8. The lowest BCUT2D eigenvalue weighted by molar-refractivity contribution is 0.102. The van der Waals surface area contributed by atoms with Crippen LogP contribution in [-0.4, -0.2) is 27.5 Å². The Kier molecular flexibility index (Phi) is 3.87. The van der Waals surface area contributed by atoms with Crippen molar-refractivity contribution >= 4 is 17.4 Å². The van der Waals surface area contributed by atoms with Crippen molar-refractivity contribution in [1.29, 1.82) is 0 Å². The van der Waals surface area contributed by atoms with Crippen LogP contribution in [0.4, 0.5) is 11.5 Å². The van der Waals surface area contributed by atoms with Gasteiger partial charge in [0.2, 0.25) is 5.88 Å². The summed E-state index contributed by atoms with van der Waals surface area (Å²) < 4.78 is 5.20. The Labute approximate surface area is 109 Å². The summed E-state index contributed by atoms with van der Waals surface area (Å²) >= 11 is 0. The number of nitrogens with two attached hydrogens (primary N) is 1. The summed E-state index contributed by atoms with van der Waals surface area (Å²) in [7, 11) is 0. The van der Waals surface area contributed by atoms with E-state index in [2.05, 4.69) is 20.3 Å². The highest BCUT2D eigenvalue weighted by molar-refractivity contribution is 6.02. The van der Waals surface area contributed by atoms with Gasteiger partial charge in [0.25, 0.3) is 5.91 Å². The van der Waals surface area contributed by atoms with E-state index >= 15 is 0 Å².